The van der Waals surface area contributed by atoms with Gasteiger partial charge >= 0.3 is 0 Å². The lowest BCUT2D eigenvalue weighted by molar-refractivity contribution is -0.129. The lowest BCUT2D eigenvalue weighted by atomic mass is 10.2. The zero-order valence-corrected chi connectivity index (χ0v) is 14.5. The molecular weight excluding hydrogens is 332 g/mol. The van der Waals surface area contributed by atoms with Crippen molar-refractivity contribution >= 4 is 28.3 Å². The molecule has 0 saturated heterocycles. The van der Waals surface area contributed by atoms with Crippen molar-refractivity contribution in [1.82, 2.24) is 15.4 Å². The van der Waals surface area contributed by atoms with Gasteiger partial charge in [0.1, 0.15) is 17.9 Å². The Labute approximate surface area is 151 Å². The molecule has 134 valence electrons. The van der Waals surface area contributed by atoms with Gasteiger partial charge in [-0.2, -0.15) is 0 Å². The molecular formula is C19H21N4O3+. The van der Waals surface area contributed by atoms with Crippen LogP contribution in [0.1, 0.15) is 12.8 Å². The average Bonchev–Trinajstić information content (AvgIpc) is 2.70. The molecule has 26 heavy (non-hydrogen) atoms. The van der Waals surface area contributed by atoms with Gasteiger partial charge in [0.2, 0.25) is 0 Å². The normalized spacial score (nSPS) is 10.5. The van der Waals surface area contributed by atoms with Crippen molar-refractivity contribution in [2.75, 3.05) is 18.6 Å². The van der Waals surface area contributed by atoms with Gasteiger partial charge in [-0.05, 0) is 42.8 Å². The summed E-state index contributed by atoms with van der Waals surface area (Å²) in [4.78, 5) is 21.7. The van der Waals surface area contributed by atoms with E-state index in [0.29, 0.717) is 13.0 Å². The molecule has 0 radical (unpaired) electrons. The smallest absolute Gasteiger partial charge is 0.283 e. The Hall–Kier alpha value is -3.19. The summed E-state index contributed by atoms with van der Waals surface area (Å²) in [5, 5.41) is 7.73. The van der Waals surface area contributed by atoms with Crippen LogP contribution >= 0.6 is 0 Å². The van der Waals surface area contributed by atoms with Crippen LogP contribution in [0.5, 0.6) is 5.75 Å². The molecule has 1 heterocycles. The lowest BCUT2D eigenvalue weighted by Crippen LogP contribution is -2.18. The Bertz CT molecular complexity index is 878. The van der Waals surface area contributed by atoms with Crippen LogP contribution in [0.2, 0.25) is 0 Å². The van der Waals surface area contributed by atoms with Gasteiger partial charge in [0.25, 0.3) is 5.91 Å². The number of aromatic nitrogens is 2. The maximum atomic E-state index is 11.0. The molecule has 0 bridgehead atoms. The van der Waals surface area contributed by atoms with E-state index in [1.54, 1.807) is 6.33 Å². The third kappa shape index (κ3) is 4.07. The maximum Gasteiger partial charge on any atom is 0.283 e. The summed E-state index contributed by atoms with van der Waals surface area (Å²) in [7, 11) is 1.96. The van der Waals surface area contributed by atoms with Crippen molar-refractivity contribution in [1.29, 1.82) is 0 Å². The van der Waals surface area contributed by atoms with Gasteiger partial charge in [-0.3, -0.25) is 4.79 Å². The average molecular weight is 353 g/mol. The summed E-state index contributed by atoms with van der Waals surface area (Å²) in [5.41, 5.74) is 3.74. The van der Waals surface area contributed by atoms with E-state index in [9.17, 15) is 4.79 Å². The second kappa shape index (κ2) is 8.26. The fraction of sp³-hybridized carbons (Fsp3) is 0.211. The summed E-state index contributed by atoms with van der Waals surface area (Å²) in [5.74, 6) is 1.27. The summed E-state index contributed by atoms with van der Waals surface area (Å²) < 4.78 is 5.63. The largest absolute Gasteiger partial charge is 0.494 e. The number of hydrogen-bond donors (Lipinski definition) is 1. The van der Waals surface area contributed by atoms with Gasteiger partial charge in [-0.15, -0.1) is 5.48 Å². The first-order valence-corrected chi connectivity index (χ1v) is 8.31. The number of nitrogens with zero attached hydrogens (tertiary/aromatic N) is 3. The first kappa shape index (κ1) is 17.6. The minimum atomic E-state index is -0.303. The SMILES string of the molecule is CN(c1ccc(OCCCC(=O)N[OH2+])cc1)c1ncnc2ccccc12. The monoisotopic (exact) mass is 353 g/mol. The molecule has 7 nitrogen and oxygen atoms in total. The minimum Gasteiger partial charge on any atom is -0.494 e. The molecule has 3 rings (SSSR count). The summed E-state index contributed by atoms with van der Waals surface area (Å²) >= 11 is 0. The first-order valence-electron chi connectivity index (χ1n) is 8.31. The number of hydroxylamine groups is 1. The topological polar surface area (TPSA) is 90.2 Å². The number of anilines is 2. The van der Waals surface area contributed by atoms with E-state index in [0.717, 1.165) is 28.2 Å². The molecule has 0 aliphatic rings. The van der Waals surface area contributed by atoms with E-state index < -0.39 is 0 Å². The van der Waals surface area contributed by atoms with Gasteiger partial charge in [0.05, 0.1) is 12.1 Å². The van der Waals surface area contributed by atoms with Crippen molar-refractivity contribution < 1.29 is 14.7 Å². The molecule has 2 aromatic carbocycles. The molecule has 1 aromatic heterocycles. The highest BCUT2D eigenvalue weighted by Crippen LogP contribution is 2.28. The van der Waals surface area contributed by atoms with Gasteiger partial charge in [0, 0.05) is 24.5 Å². The van der Waals surface area contributed by atoms with E-state index in [1.807, 2.05) is 66.0 Å². The number of fused-ring (bicyclic) bond motifs is 1. The predicted molar refractivity (Wildman–Crippen MR) is 101 cm³/mol. The van der Waals surface area contributed by atoms with Crippen LogP contribution in [0.4, 0.5) is 11.5 Å². The number of carbonyl (C=O) groups excluding carboxylic acids is 1. The molecule has 1 amide bonds. The van der Waals surface area contributed by atoms with Gasteiger partial charge in [0.15, 0.2) is 0 Å². The quantitative estimate of drug-likeness (QED) is 0.400. The Kier molecular flexibility index (Phi) is 5.60. The maximum absolute atomic E-state index is 11.0. The number of para-hydroxylation sites is 1. The molecule has 0 atom stereocenters. The number of rotatable bonds is 7. The van der Waals surface area contributed by atoms with E-state index in [4.69, 9.17) is 9.94 Å². The van der Waals surface area contributed by atoms with Crippen LogP contribution in [0, 0.1) is 0 Å². The second-order valence-electron chi connectivity index (χ2n) is 5.77. The highest BCUT2D eigenvalue weighted by molar-refractivity contribution is 5.91. The molecule has 0 saturated carbocycles. The summed E-state index contributed by atoms with van der Waals surface area (Å²) in [6, 6.07) is 15.6. The van der Waals surface area contributed by atoms with Crippen LogP contribution in [-0.2, 0) is 4.79 Å². The van der Waals surface area contributed by atoms with Crippen LogP contribution < -0.4 is 15.1 Å². The van der Waals surface area contributed by atoms with Crippen LogP contribution in [-0.4, -0.2) is 34.7 Å². The van der Waals surface area contributed by atoms with Gasteiger partial charge in [-0.25, -0.2) is 9.97 Å². The number of hydrogen-bond acceptors (Lipinski definition) is 5. The third-order valence-corrected chi connectivity index (χ3v) is 4.02. The number of nitrogens with one attached hydrogen (secondary N) is 1. The molecule has 0 aliphatic heterocycles. The Balaban J connectivity index is 1.67. The van der Waals surface area contributed by atoms with Crippen molar-refractivity contribution in [2.45, 2.75) is 12.8 Å². The van der Waals surface area contributed by atoms with Crippen molar-refractivity contribution in [3.63, 3.8) is 0 Å². The molecule has 7 heteroatoms. The van der Waals surface area contributed by atoms with Crippen molar-refractivity contribution in [3.8, 4) is 5.75 Å². The summed E-state index contributed by atoms with van der Waals surface area (Å²) in [6.07, 6.45) is 2.42. The standard InChI is InChI=1S/C19H20N4O3/c1-23(19-16-5-2-3-6-17(16)20-13-21-19)14-8-10-15(11-9-14)26-12-4-7-18(24)22-25/h2-3,5-6,8-11,13,25H,4,7,12H2,1H3,(H,22,24)/p+1. The fourth-order valence-corrected chi connectivity index (χ4v) is 2.63. The van der Waals surface area contributed by atoms with E-state index in [2.05, 4.69) is 9.97 Å². The van der Waals surface area contributed by atoms with Crippen molar-refractivity contribution in [3.05, 3.63) is 54.9 Å². The van der Waals surface area contributed by atoms with Crippen molar-refractivity contribution in [2.24, 2.45) is 0 Å². The predicted octanol–water partition coefficient (Wildman–Crippen LogP) is 2.31. The van der Waals surface area contributed by atoms with Crippen LogP contribution in [0.15, 0.2) is 54.9 Å². The molecule has 0 unspecified atom stereocenters. The Morgan fingerprint density at radius 2 is 1.92 bits per heavy atom. The molecule has 0 aliphatic carbocycles. The van der Waals surface area contributed by atoms with E-state index in [1.165, 1.54) is 0 Å². The van der Waals surface area contributed by atoms with Crippen LogP contribution in [0.3, 0.4) is 0 Å². The summed E-state index contributed by atoms with van der Waals surface area (Å²) in [6.45, 7) is 0.430. The molecule has 3 aromatic rings. The lowest BCUT2D eigenvalue weighted by Gasteiger charge is -2.20. The number of benzene rings is 2. The molecule has 0 fully saturated rings. The van der Waals surface area contributed by atoms with Gasteiger partial charge in [-0.1, -0.05) is 12.1 Å². The highest BCUT2D eigenvalue weighted by atomic mass is 16.5. The molecule has 0 spiro atoms. The first-order chi connectivity index (χ1) is 12.7. The zero-order valence-electron chi connectivity index (χ0n) is 14.5. The zero-order chi connectivity index (χ0) is 18.4. The fourth-order valence-electron chi connectivity index (χ4n) is 2.63. The minimum absolute atomic E-state index is 0.283. The molecule has 3 N–H and O–H groups in total. The van der Waals surface area contributed by atoms with Crippen LogP contribution in [0.25, 0.3) is 10.9 Å². The van der Waals surface area contributed by atoms with E-state index >= 15 is 0 Å². The third-order valence-electron chi connectivity index (χ3n) is 4.02. The number of amides is 1. The second-order valence-corrected chi connectivity index (χ2v) is 5.77. The Morgan fingerprint density at radius 3 is 2.69 bits per heavy atom. The Morgan fingerprint density at radius 1 is 1.15 bits per heavy atom. The van der Waals surface area contributed by atoms with E-state index in [-0.39, 0.29) is 12.3 Å². The van der Waals surface area contributed by atoms with Gasteiger partial charge < -0.3 is 14.8 Å². The number of ether oxygens (including phenoxy) is 1. The highest BCUT2D eigenvalue weighted by Gasteiger charge is 2.10. The number of carbonyl (C=O) groups is 1.